The zero-order valence-corrected chi connectivity index (χ0v) is 12.4. The van der Waals surface area contributed by atoms with Crippen LogP contribution in [0.25, 0.3) is 0 Å². The van der Waals surface area contributed by atoms with E-state index in [0.717, 1.165) is 24.2 Å². The molecular weight excluding hydrogens is 238 g/mol. The van der Waals surface area contributed by atoms with Crippen molar-refractivity contribution in [3.63, 3.8) is 0 Å². The average Bonchev–Trinajstić information content (AvgIpc) is 2.40. The molecule has 0 aliphatic carbocycles. The van der Waals surface area contributed by atoms with Crippen LogP contribution in [-0.2, 0) is 0 Å². The Balaban J connectivity index is 2.75. The Morgan fingerprint density at radius 2 is 1.95 bits per heavy atom. The lowest BCUT2D eigenvalue weighted by Crippen LogP contribution is -2.42. The third-order valence-corrected chi connectivity index (χ3v) is 4.03. The molecule has 0 saturated heterocycles. The number of carbonyl (C=O) groups excluding carboxylic acids is 1. The van der Waals surface area contributed by atoms with Crippen molar-refractivity contribution in [3.8, 4) is 0 Å². The summed E-state index contributed by atoms with van der Waals surface area (Å²) in [6.45, 7) is 9.20. The fourth-order valence-corrected chi connectivity index (χ4v) is 2.15. The van der Waals surface area contributed by atoms with Crippen LogP contribution in [0.3, 0.4) is 0 Å². The molecule has 0 radical (unpaired) electrons. The normalized spacial score (nSPS) is 11.4. The first-order valence-corrected chi connectivity index (χ1v) is 6.90. The summed E-state index contributed by atoms with van der Waals surface area (Å²) in [4.78, 5) is 16.5. The fourth-order valence-electron chi connectivity index (χ4n) is 2.15. The van der Waals surface area contributed by atoms with E-state index in [4.69, 9.17) is 5.73 Å². The van der Waals surface area contributed by atoms with Gasteiger partial charge in [0.05, 0.1) is 11.3 Å². The molecule has 0 aliphatic rings. The lowest BCUT2D eigenvalue weighted by molar-refractivity contribution is 0.0927. The van der Waals surface area contributed by atoms with Crippen molar-refractivity contribution in [2.24, 2.45) is 11.1 Å². The Morgan fingerprint density at radius 1 is 1.32 bits per heavy atom. The van der Waals surface area contributed by atoms with Gasteiger partial charge in [0.1, 0.15) is 0 Å². The third-order valence-electron chi connectivity index (χ3n) is 4.03. The van der Waals surface area contributed by atoms with Gasteiger partial charge in [-0.2, -0.15) is 0 Å². The van der Waals surface area contributed by atoms with E-state index in [0.29, 0.717) is 18.7 Å². The Hall–Kier alpha value is -1.42. The SMILES string of the molecule is CCC(CC)(CN)CNC(=O)c1ccc(C)nc1C. The van der Waals surface area contributed by atoms with E-state index in [2.05, 4.69) is 24.1 Å². The highest BCUT2D eigenvalue weighted by Gasteiger charge is 2.25. The third kappa shape index (κ3) is 3.77. The summed E-state index contributed by atoms with van der Waals surface area (Å²) >= 11 is 0. The minimum absolute atomic E-state index is 0.00168. The van der Waals surface area contributed by atoms with Crippen LogP contribution in [-0.4, -0.2) is 24.0 Å². The topological polar surface area (TPSA) is 68.0 Å². The molecule has 0 unspecified atom stereocenters. The fraction of sp³-hybridized carbons (Fsp3) is 0.600. The largest absolute Gasteiger partial charge is 0.351 e. The predicted molar refractivity (Wildman–Crippen MR) is 78.1 cm³/mol. The lowest BCUT2D eigenvalue weighted by Gasteiger charge is -2.30. The molecule has 3 N–H and O–H groups in total. The molecule has 0 aromatic carbocycles. The van der Waals surface area contributed by atoms with Crippen LogP contribution in [0.1, 0.15) is 48.4 Å². The second-order valence-electron chi connectivity index (χ2n) is 5.18. The maximum atomic E-state index is 12.2. The molecule has 0 fully saturated rings. The van der Waals surface area contributed by atoms with E-state index in [1.54, 1.807) is 0 Å². The van der Waals surface area contributed by atoms with Crippen LogP contribution in [0, 0.1) is 19.3 Å². The summed E-state index contributed by atoms with van der Waals surface area (Å²) in [7, 11) is 0. The number of hydrogen-bond acceptors (Lipinski definition) is 3. The molecule has 1 heterocycles. The molecule has 1 aromatic rings. The molecular formula is C15H25N3O. The van der Waals surface area contributed by atoms with Gasteiger partial charge in [-0.05, 0) is 50.8 Å². The number of nitrogens with one attached hydrogen (secondary N) is 1. The first kappa shape index (κ1) is 15.6. The predicted octanol–water partition coefficient (Wildman–Crippen LogP) is 2.19. The van der Waals surface area contributed by atoms with E-state index in [-0.39, 0.29) is 11.3 Å². The van der Waals surface area contributed by atoms with Crippen molar-refractivity contribution in [1.82, 2.24) is 10.3 Å². The molecule has 1 amide bonds. The number of carbonyl (C=O) groups is 1. The number of nitrogens with zero attached hydrogens (tertiary/aromatic N) is 1. The van der Waals surface area contributed by atoms with Gasteiger partial charge in [0.2, 0.25) is 0 Å². The maximum absolute atomic E-state index is 12.2. The van der Waals surface area contributed by atoms with Crippen LogP contribution in [0.4, 0.5) is 0 Å². The van der Waals surface area contributed by atoms with E-state index in [1.807, 2.05) is 26.0 Å². The van der Waals surface area contributed by atoms with Gasteiger partial charge in [-0.1, -0.05) is 13.8 Å². The van der Waals surface area contributed by atoms with Gasteiger partial charge < -0.3 is 11.1 Å². The first-order chi connectivity index (χ1) is 8.98. The van der Waals surface area contributed by atoms with Crippen molar-refractivity contribution >= 4 is 5.91 Å². The number of pyridine rings is 1. The smallest absolute Gasteiger partial charge is 0.253 e. The van der Waals surface area contributed by atoms with Gasteiger partial charge in [0.25, 0.3) is 5.91 Å². The van der Waals surface area contributed by atoms with Crippen molar-refractivity contribution < 1.29 is 4.79 Å². The molecule has 0 aliphatic heterocycles. The number of amides is 1. The Labute approximate surface area is 115 Å². The van der Waals surface area contributed by atoms with Crippen molar-refractivity contribution in [1.29, 1.82) is 0 Å². The highest BCUT2D eigenvalue weighted by molar-refractivity contribution is 5.95. The molecule has 106 valence electrons. The summed E-state index contributed by atoms with van der Waals surface area (Å²) in [6.07, 6.45) is 1.93. The van der Waals surface area contributed by atoms with Gasteiger partial charge in [0.15, 0.2) is 0 Å². The highest BCUT2D eigenvalue weighted by atomic mass is 16.1. The average molecular weight is 263 g/mol. The summed E-state index contributed by atoms with van der Waals surface area (Å²) in [5, 5.41) is 2.99. The minimum atomic E-state index is -0.0651. The second-order valence-corrected chi connectivity index (χ2v) is 5.18. The number of hydrogen-bond donors (Lipinski definition) is 2. The summed E-state index contributed by atoms with van der Waals surface area (Å²) < 4.78 is 0. The molecule has 4 heteroatoms. The van der Waals surface area contributed by atoms with Crippen LogP contribution in [0.15, 0.2) is 12.1 Å². The van der Waals surface area contributed by atoms with Gasteiger partial charge in [-0.25, -0.2) is 0 Å². The monoisotopic (exact) mass is 263 g/mol. The van der Waals surface area contributed by atoms with Crippen LogP contribution in [0.5, 0.6) is 0 Å². The number of aryl methyl sites for hydroxylation is 2. The van der Waals surface area contributed by atoms with Crippen molar-refractivity contribution in [2.45, 2.75) is 40.5 Å². The molecule has 0 saturated carbocycles. The maximum Gasteiger partial charge on any atom is 0.253 e. The van der Waals surface area contributed by atoms with E-state index < -0.39 is 0 Å². The number of nitrogens with two attached hydrogens (primary N) is 1. The van der Waals surface area contributed by atoms with Gasteiger partial charge in [-0.15, -0.1) is 0 Å². The van der Waals surface area contributed by atoms with Crippen LogP contribution >= 0.6 is 0 Å². The Bertz CT molecular complexity index is 431. The first-order valence-electron chi connectivity index (χ1n) is 6.90. The van der Waals surface area contributed by atoms with E-state index in [1.165, 1.54) is 0 Å². The lowest BCUT2D eigenvalue weighted by atomic mass is 9.82. The minimum Gasteiger partial charge on any atom is -0.351 e. The molecule has 1 aromatic heterocycles. The Kier molecular flexibility index (Phi) is 5.48. The standard InChI is InChI=1S/C15H25N3O/c1-5-15(6-2,9-16)10-17-14(19)13-8-7-11(3)18-12(13)4/h7-8H,5-6,9-10,16H2,1-4H3,(H,17,19). The molecule has 0 spiro atoms. The Morgan fingerprint density at radius 3 is 2.42 bits per heavy atom. The summed E-state index contributed by atoms with van der Waals surface area (Å²) in [6, 6.07) is 3.69. The van der Waals surface area contributed by atoms with Crippen molar-refractivity contribution in [3.05, 3.63) is 29.1 Å². The molecule has 1 rings (SSSR count). The molecule has 4 nitrogen and oxygen atoms in total. The molecule has 0 atom stereocenters. The van der Waals surface area contributed by atoms with E-state index in [9.17, 15) is 4.79 Å². The van der Waals surface area contributed by atoms with Gasteiger partial charge >= 0.3 is 0 Å². The van der Waals surface area contributed by atoms with Gasteiger partial charge in [-0.3, -0.25) is 9.78 Å². The second kappa shape index (κ2) is 6.66. The zero-order valence-electron chi connectivity index (χ0n) is 12.4. The highest BCUT2D eigenvalue weighted by Crippen LogP contribution is 2.23. The van der Waals surface area contributed by atoms with Crippen LogP contribution < -0.4 is 11.1 Å². The summed E-state index contributed by atoms with van der Waals surface area (Å²) in [5.74, 6) is -0.0651. The molecule has 19 heavy (non-hydrogen) atoms. The van der Waals surface area contributed by atoms with E-state index >= 15 is 0 Å². The number of rotatable bonds is 6. The van der Waals surface area contributed by atoms with Crippen LogP contribution in [0.2, 0.25) is 0 Å². The zero-order chi connectivity index (χ0) is 14.5. The van der Waals surface area contributed by atoms with Gasteiger partial charge in [0, 0.05) is 12.2 Å². The number of aromatic nitrogens is 1. The molecule has 0 bridgehead atoms. The quantitative estimate of drug-likeness (QED) is 0.826. The summed E-state index contributed by atoms with van der Waals surface area (Å²) in [5.41, 5.74) is 8.17. The van der Waals surface area contributed by atoms with Crippen molar-refractivity contribution in [2.75, 3.05) is 13.1 Å².